The van der Waals surface area contributed by atoms with Crippen molar-refractivity contribution >= 4 is 33.2 Å². The summed E-state index contributed by atoms with van der Waals surface area (Å²) in [5, 5.41) is 16.0. The van der Waals surface area contributed by atoms with Crippen LogP contribution in [0.25, 0.3) is 0 Å². The first-order chi connectivity index (χ1) is 10.8. The van der Waals surface area contributed by atoms with Crippen molar-refractivity contribution < 1.29 is 23.1 Å². The number of likely N-dealkylation sites (tertiary alicyclic amines) is 1. The summed E-state index contributed by atoms with van der Waals surface area (Å²) in [6.07, 6.45) is 4.24. The van der Waals surface area contributed by atoms with Crippen molar-refractivity contribution in [1.82, 2.24) is 4.90 Å². The molecule has 9 heteroatoms. The highest BCUT2D eigenvalue weighted by atomic mass is 32.2. The highest BCUT2D eigenvalue weighted by molar-refractivity contribution is 7.91. The van der Waals surface area contributed by atoms with Gasteiger partial charge in [-0.3, -0.25) is 4.79 Å². The van der Waals surface area contributed by atoms with Crippen LogP contribution in [0, 0.1) is 5.92 Å². The second kappa shape index (κ2) is 5.88. The van der Waals surface area contributed by atoms with E-state index >= 15 is 0 Å². The number of amides is 1. The van der Waals surface area contributed by atoms with E-state index in [1.807, 2.05) is 0 Å². The van der Waals surface area contributed by atoms with Gasteiger partial charge in [-0.1, -0.05) is 12.8 Å². The third-order valence-corrected chi connectivity index (χ3v) is 7.10. The summed E-state index contributed by atoms with van der Waals surface area (Å²) in [4.78, 5) is 25.8. The minimum absolute atomic E-state index is 0.0739. The molecular weight excluding hydrogens is 340 g/mol. The van der Waals surface area contributed by atoms with Gasteiger partial charge in [0.15, 0.2) is 0 Å². The zero-order valence-electron chi connectivity index (χ0n) is 12.3. The van der Waals surface area contributed by atoms with Gasteiger partial charge in [0.2, 0.25) is 10.0 Å². The average Bonchev–Trinajstić information content (AvgIpc) is 3.11. The molecular formula is C14H18N2O5S2. The van der Waals surface area contributed by atoms with E-state index < -0.39 is 27.9 Å². The van der Waals surface area contributed by atoms with Crippen molar-refractivity contribution in [3.05, 3.63) is 17.0 Å². The van der Waals surface area contributed by atoms with E-state index in [1.54, 1.807) is 0 Å². The second-order valence-electron chi connectivity index (χ2n) is 6.11. The van der Waals surface area contributed by atoms with Gasteiger partial charge >= 0.3 is 5.97 Å². The zero-order valence-corrected chi connectivity index (χ0v) is 14.0. The highest BCUT2D eigenvalue weighted by Gasteiger charge is 2.47. The van der Waals surface area contributed by atoms with Crippen LogP contribution >= 0.6 is 11.3 Å². The maximum absolute atomic E-state index is 12.8. The van der Waals surface area contributed by atoms with Gasteiger partial charge in [0, 0.05) is 11.4 Å². The number of aliphatic carboxylic acids is 1. The van der Waals surface area contributed by atoms with E-state index in [0.717, 1.165) is 37.0 Å². The van der Waals surface area contributed by atoms with Gasteiger partial charge in [-0.15, -0.1) is 11.3 Å². The first kappa shape index (κ1) is 16.4. The van der Waals surface area contributed by atoms with Gasteiger partial charge in [-0.05, 0) is 31.2 Å². The molecule has 1 aliphatic carbocycles. The van der Waals surface area contributed by atoms with Gasteiger partial charge in [-0.25, -0.2) is 18.4 Å². The summed E-state index contributed by atoms with van der Waals surface area (Å²) in [5.74, 6) is -1.21. The number of primary sulfonamides is 1. The predicted molar refractivity (Wildman–Crippen MR) is 83.6 cm³/mol. The number of carboxylic acid groups (broad SMARTS) is 1. The van der Waals surface area contributed by atoms with Crippen molar-refractivity contribution in [2.24, 2.45) is 11.1 Å². The quantitative estimate of drug-likeness (QED) is 0.843. The molecule has 2 heterocycles. The molecule has 1 aromatic heterocycles. The normalized spacial score (nSPS) is 27.7. The fourth-order valence-corrected chi connectivity index (χ4v) is 5.28. The van der Waals surface area contributed by atoms with Crippen LogP contribution in [0.3, 0.4) is 0 Å². The van der Waals surface area contributed by atoms with Crippen molar-refractivity contribution in [2.45, 2.75) is 48.4 Å². The molecule has 23 heavy (non-hydrogen) atoms. The van der Waals surface area contributed by atoms with Gasteiger partial charge in [-0.2, -0.15) is 0 Å². The van der Waals surface area contributed by atoms with E-state index in [9.17, 15) is 23.1 Å². The van der Waals surface area contributed by atoms with Crippen molar-refractivity contribution in [3.8, 4) is 0 Å². The maximum Gasteiger partial charge on any atom is 0.326 e. The van der Waals surface area contributed by atoms with Gasteiger partial charge in [0.05, 0.1) is 5.56 Å². The average molecular weight is 358 g/mol. The van der Waals surface area contributed by atoms with Crippen LogP contribution in [0.2, 0.25) is 0 Å². The van der Waals surface area contributed by atoms with Crippen LogP contribution in [-0.2, 0) is 14.8 Å². The Labute approximate surface area is 138 Å². The third kappa shape index (κ3) is 3.00. The number of carbonyl (C=O) groups is 2. The Morgan fingerprint density at radius 1 is 1.30 bits per heavy atom. The van der Waals surface area contributed by atoms with Crippen LogP contribution in [0.15, 0.2) is 15.7 Å². The fourth-order valence-electron chi connectivity index (χ4n) is 3.70. The van der Waals surface area contributed by atoms with E-state index in [1.165, 1.54) is 16.3 Å². The minimum Gasteiger partial charge on any atom is -0.480 e. The molecule has 1 aliphatic heterocycles. The summed E-state index contributed by atoms with van der Waals surface area (Å²) in [6.45, 7) is 0. The number of carbonyl (C=O) groups excluding carboxylic acids is 1. The molecule has 1 saturated heterocycles. The molecule has 126 valence electrons. The van der Waals surface area contributed by atoms with Crippen molar-refractivity contribution in [3.63, 3.8) is 0 Å². The lowest BCUT2D eigenvalue weighted by Crippen LogP contribution is -2.46. The number of rotatable bonds is 3. The number of nitrogens with two attached hydrogens (primary N) is 1. The van der Waals surface area contributed by atoms with Gasteiger partial charge < -0.3 is 10.0 Å². The van der Waals surface area contributed by atoms with Gasteiger partial charge in [0.25, 0.3) is 5.91 Å². The summed E-state index contributed by atoms with van der Waals surface area (Å²) >= 11 is 0.875. The van der Waals surface area contributed by atoms with E-state index in [-0.39, 0.29) is 21.7 Å². The molecule has 0 aromatic carbocycles. The van der Waals surface area contributed by atoms with Gasteiger partial charge in [0.1, 0.15) is 10.3 Å². The summed E-state index contributed by atoms with van der Waals surface area (Å²) in [7, 11) is -3.86. The minimum atomic E-state index is -3.86. The SMILES string of the molecule is NS(=O)(=O)c1cc(C(=O)N2[C@@H]3CCCC[C@@H]3C[C@H]2C(=O)O)cs1. The van der Waals surface area contributed by atoms with Crippen LogP contribution in [0.5, 0.6) is 0 Å². The molecule has 2 fully saturated rings. The number of nitrogens with zero attached hydrogens (tertiary/aromatic N) is 1. The Bertz CT molecular complexity index is 742. The molecule has 3 rings (SSSR count). The Morgan fingerprint density at radius 2 is 2.00 bits per heavy atom. The topological polar surface area (TPSA) is 118 Å². The van der Waals surface area contributed by atoms with E-state index in [4.69, 9.17) is 5.14 Å². The van der Waals surface area contributed by atoms with E-state index in [2.05, 4.69) is 0 Å². The molecule has 2 aliphatic rings. The maximum atomic E-state index is 12.8. The molecule has 0 unspecified atom stereocenters. The smallest absolute Gasteiger partial charge is 0.326 e. The lowest BCUT2D eigenvalue weighted by atomic mass is 9.84. The standard InChI is InChI=1S/C14H18N2O5S2/c15-23(20,21)12-6-9(7-22-12)13(17)16-10-4-2-1-3-8(10)5-11(16)14(18)19/h6-8,10-11H,1-5H2,(H,18,19)(H2,15,20,21)/t8-,10-,11+/m1/s1. The first-order valence-corrected chi connectivity index (χ1v) is 9.88. The number of hydrogen-bond acceptors (Lipinski definition) is 5. The number of fused-ring (bicyclic) bond motifs is 1. The molecule has 0 radical (unpaired) electrons. The summed E-state index contributed by atoms with van der Waals surface area (Å²) < 4.78 is 22.6. The Kier molecular flexibility index (Phi) is 4.19. The molecule has 1 amide bonds. The van der Waals surface area contributed by atoms with Crippen LogP contribution in [0.4, 0.5) is 0 Å². The largest absolute Gasteiger partial charge is 0.480 e. The highest BCUT2D eigenvalue weighted by Crippen LogP contribution is 2.40. The molecule has 0 bridgehead atoms. The predicted octanol–water partition coefficient (Wildman–Crippen LogP) is 1.25. The second-order valence-corrected chi connectivity index (χ2v) is 8.81. The van der Waals surface area contributed by atoms with Crippen LogP contribution < -0.4 is 5.14 Å². The molecule has 3 atom stereocenters. The first-order valence-electron chi connectivity index (χ1n) is 7.46. The lowest BCUT2D eigenvalue weighted by molar-refractivity contribution is -0.141. The Hall–Kier alpha value is -1.45. The van der Waals surface area contributed by atoms with Crippen LogP contribution in [-0.4, -0.2) is 42.4 Å². The van der Waals surface area contributed by atoms with Crippen molar-refractivity contribution in [2.75, 3.05) is 0 Å². The molecule has 1 saturated carbocycles. The lowest BCUT2D eigenvalue weighted by Gasteiger charge is -2.32. The molecule has 0 spiro atoms. The summed E-state index contributed by atoms with van der Waals surface area (Å²) in [6, 6.07) is 0.320. The summed E-state index contributed by atoms with van der Waals surface area (Å²) in [5.41, 5.74) is 0.191. The Balaban J connectivity index is 1.92. The zero-order chi connectivity index (χ0) is 16.8. The number of carboxylic acids is 1. The molecule has 7 nitrogen and oxygen atoms in total. The number of hydrogen-bond donors (Lipinski definition) is 2. The number of sulfonamides is 1. The third-order valence-electron chi connectivity index (χ3n) is 4.71. The Morgan fingerprint density at radius 3 is 2.61 bits per heavy atom. The van der Waals surface area contributed by atoms with Crippen LogP contribution in [0.1, 0.15) is 42.5 Å². The fraction of sp³-hybridized carbons (Fsp3) is 0.571. The van der Waals surface area contributed by atoms with Crippen molar-refractivity contribution in [1.29, 1.82) is 0 Å². The molecule has 1 aromatic rings. The number of thiophene rings is 1. The monoisotopic (exact) mass is 358 g/mol. The van der Waals surface area contributed by atoms with E-state index in [0.29, 0.717) is 6.42 Å². The molecule has 3 N–H and O–H groups in total.